The second kappa shape index (κ2) is 11.3. The van der Waals surface area contributed by atoms with Crippen LogP contribution in [0.2, 0.25) is 11.3 Å². The molecule has 7 nitrogen and oxygen atoms in total. The number of aromatic nitrogens is 1. The van der Waals surface area contributed by atoms with Crippen LogP contribution in [0.15, 0.2) is 84.1 Å². The van der Waals surface area contributed by atoms with E-state index in [0.717, 1.165) is 11.3 Å². The Kier molecular flexibility index (Phi) is 7.90. The van der Waals surface area contributed by atoms with E-state index in [2.05, 4.69) is 4.98 Å². The van der Waals surface area contributed by atoms with Crippen LogP contribution in [0.3, 0.4) is 0 Å². The van der Waals surface area contributed by atoms with Crippen molar-refractivity contribution in [2.45, 2.75) is 30.5 Å². The Bertz CT molecular complexity index is 1460. The fraction of sp³-hybridized carbons (Fsp3) is 0.250. The molecule has 2 atom stereocenters. The van der Waals surface area contributed by atoms with Gasteiger partial charge in [0.25, 0.3) is 0 Å². The standard InChI is InChI=1S/C28H27BClNO6S/c30-24-15-22(32)11-9-19(24)14-20(25-8-4-5-13-31-25)10-12-26-28-21(17-36-23-6-2-1-3-7-23)18-38(34,35)27(28)16-29(33)37-26/h1-9,11,13-15,26-27,32-33H,10,12,16-18H2/b20-14-/t26-,27+/m1/s1. The van der Waals surface area contributed by atoms with E-state index in [9.17, 15) is 18.5 Å². The lowest BCUT2D eigenvalue weighted by Gasteiger charge is -2.32. The molecule has 0 aliphatic carbocycles. The Hall–Kier alpha value is -3.11. The van der Waals surface area contributed by atoms with E-state index >= 15 is 0 Å². The SMILES string of the molecule is O=S1(=O)CC(COc2ccccc2)=C2[C@@H](CC/C(=C/c3ccc(O)cc3Cl)c3ccccn3)OB(O)C[C@@H]21. The van der Waals surface area contributed by atoms with Gasteiger partial charge in [-0.05, 0) is 83.7 Å². The van der Waals surface area contributed by atoms with Gasteiger partial charge in [-0.2, -0.15) is 0 Å². The number of pyridine rings is 1. The monoisotopic (exact) mass is 551 g/mol. The molecule has 3 aromatic rings. The molecule has 38 heavy (non-hydrogen) atoms. The van der Waals surface area contributed by atoms with Crippen LogP contribution in [0, 0.1) is 0 Å². The third kappa shape index (κ3) is 5.97. The lowest BCUT2D eigenvalue weighted by molar-refractivity contribution is 0.170. The number of sulfone groups is 1. The van der Waals surface area contributed by atoms with Crippen LogP contribution in [0.1, 0.15) is 24.1 Å². The van der Waals surface area contributed by atoms with Gasteiger partial charge in [-0.15, -0.1) is 0 Å². The molecule has 2 aromatic carbocycles. The fourth-order valence-corrected chi connectivity index (χ4v) is 7.36. The number of halogens is 1. The number of hydrogen-bond donors (Lipinski definition) is 2. The number of allylic oxidation sites excluding steroid dienone is 1. The molecule has 1 aromatic heterocycles. The number of hydrogen-bond acceptors (Lipinski definition) is 7. The van der Waals surface area contributed by atoms with Gasteiger partial charge in [-0.1, -0.05) is 35.9 Å². The number of phenolic OH excluding ortho intramolecular Hbond substituents is 1. The van der Waals surface area contributed by atoms with Crippen molar-refractivity contribution in [2.24, 2.45) is 0 Å². The molecule has 2 N–H and O–H groups in total. The number of ether oxygens (including phenoxy) is 1. The molecule has 0 unspecified atom stereocenters. The number of aromatic hydroxyl groups is 1. The summed E-state index contributed by atoms with van der Waals surface area (Å²) in [5.41, 5.74) is 3.69. The highest BCUT2D eigenvalue weighted by molar-refractivity contribution is 7.92. The zero-order valence-electron chi connectivity index (χ0n) is 20.5. The van der Waals surface area contributed by atoms with Crippen molar-refractivity contribution in [3.63, 3.8) is 0 Å². The molecule has 0 bridgehead atoms. The van der Waals surface area contributed by atoms with Crippen LogP contribution < -0.4 is 4.74 Å². The first-order valence-corrected chi connectivity index (χ1v) is 14.4. The summed E-state index contributed by atoms with van der Waals surface area (Å²) >= 11 is 6.37. The van der Waals surface area contributed by atoms with Crippen molar-refractivity contribution in [3.8, 4) is 11.5 Å². The van der Waals surface area contributed by atoms with Crippen LogP contribution in [0.4, 0.5) is 0 Å². The topological polar surface area (TPSA) is 106 Å². The van der Waals surface area contributed by atoms with Gasteiger partial charge in [0.2, 0.25) is 0 Å². The molecule has 0 saturated carbocycles. The van der Waals surface area contributed by atoms with Crippen LogP contribution in [0.25, 0.3) is 11.6 Å². The summed E-state index contributed by atoms with van der Waals surface area (Å²) in [6.07, 6.45) is 3.91. The van der Waals surface area contributed by atoms with Gasteiger partial charge >= 0.3 is 7.12 Å². The number of nitrogens with zero attached hydrogens (tertiary/aromatic N) is 1. The Labute approximate surface area is 227 Å². The molecule has 2 aliphatic rings. The summed E-state index contributed by atoms with van der Waals surface area (Å²) < 4.78 is 37.9. The number of phenols is 1. The van der Waals surface area contributed by atoms with E-state index in [1.165, 1.54) is 6.07 Å². The highest BCUT2D eigenvalue weighted by Gasteiger charge is 2.48. The minimum atomic E-state index is -3.48. The molecule has 196 valence electrons. The quantitative estimate of drug-likeness (QED) is 0.306. The number of fused-ring (bicyclic) bond motifs is 1. The molecule has 1 saturated heterocycles. The van der Waals surface area contributed by atoms with E-state index in [0.29, 0.717) is 40.3 Å². The zero-order chi connectivity index (χ0) is 26.7. The molecule has 3 heterocycles. The largest absolute Gasteiger partial charge is 0.508 e. The highest BCUT2D eigenvalue weighted by atomic mass is 35.5. The Balaban J connectivity index is 1.44. The molecule has 0 radical (unpaired) electrons. The van der Waals surface area contributed by atoms with E-state index < -0.39 is 28.3 Å². The lowest BCUT2D eigenvalue weighted by Crippen LogP contribution is -2.42. The molecule has 2 aliphatic heterocycles. The summed E-state index contributed by atoms with van der Waals surface area (Å²) in [4.78, 5) is 4.49. The van der Waals surface area contributed by atoms with Gasteiger partial charge in [0, 0.05) is 12.5 Å². The predicted molar refractivity (Wildman–Crippen MR) is 149 cm³/mol. The van der Waals surface area contributed by atoms with Gasteiger partial charge in [0.15, 0.2) is 9.84 Å². The summed E-state index contributed by atoms with van der Waals surface area (Å²) in [7, 11) is -4.65. The van der Waals surface area contributed by atoms with Gasteiger partial charge in [0.1, 0.15) is 18.1 Å². The van der Waals surface area contributed by atoms with E-state index in [1.807, 2.05) is 54.6 Å². The number of para-hydroxylation sites is 1. The second-order valence-corrected chi connectivity index (χ2v) is 12.0. The summed E-state index contributed by atoms with van der Waals surface area (Å²) in [5.74, 6) is 0.612. The smallest absolute Gasteiger partial charge is 0.456 e. The average Bonchev–Trinajstić information content (AvgIpc) is 3.17. The third-order valence-corrected chi connectivity index (χ3v) is 9.18. The zero-order valence-corrected chi connectivity index (χ0v) is 22.1. The lowest BCUT2D eigenvalue weighted by atomic mass is 9.74. The molecular weight excluding hydrogens is 525 g/mol. The maximum Gasteiger partial charge on any atom is 0.456 e. The van der Waals surface area contributed by atoms with Crippen molar-refractivity contribution in [2.75, 3.05) is 12.4 Å². The number of rotatable bonds is 8. The van der Waals surface area contributed by atoms with Gasteiger partial charge in [-0.3, -0.25) is 4.98 Å². The fourth-order valence-electron chi connectivity index (χ4n) is 5.03. The molecule has 0 amide bonds. The Morgan fingerprint density at radius 1 is 1.16 bits per heavy atom. The summed E-state index contributed by atoms with van der Waals surface area (Å²) in [5, 5.41) is 19.8. The van der Waals surface area contributed by atoms with Crippen molar-refractivity contribution in [3.05, 3.63) is 100 Å². The van der Waals surface area contributed by atoms with Crippen molar-refractivity contribution in [1.29, 1.82) is 0 Å². The predicted octanol–water partition coefficient (Wildman–Crippen LogP) is 4.81. The first-order chi connectivity index (χ1) is 18.3. The van der Waals surface area contributed by atoms with Crippen molar-refractivity contribution >= 4 is 40.2 Å². The summed E-state index contributed by atoms with van der Waals surface area (Å²) in [6.45, 7) is 0.136. The van der Waals surface area contributed by atoms with Gasteiger partial charge < -0.3 is 19.5 Å². The minimum Gasteiger partial charge on any atom is -0.508 e. The first kappa shape index (κ1) is 26.5. The molecule has 10 heteroatoms. The Morgan fingerprint density at radius 2 is 1.95 bits per heavy atom. The second-order valence-electron chi connectivity index (χ2n) is 9.40. The van der Waals surface area contributed by atoms with Gasteiger partial charge in [-0.25, -0.2) is 8.42 Å². The molecule has 0 spiro atoms. The first-order valence-electron chi connectivity index (χ1n) is 12.4. The van der Waals surface area contributed by atoms with Crippen molar-refractivity contribution in [1.82, 2.24) is 4.98 Å². The normalized spacial score (nSPS) is 20.9. The molecule has 5 rings (SSSR count). The van der Waals surface area contributed by atoms with E-state index in [-0.39, 0.29) is 24.4 Å². The maximum atomic E-state index is 13.1. The van der Waals surface area contributed by atoms with Crippen LogP contribution in [-0.4, -0.2) is 54.4 Å². The number of benzene rings is 2. The van der Waals surface area contributed by atoms with Crippen LogP contribution in [-0.2, 0) is 14.5 Å². The van der Waals surface area contributed by atoms with E-state index in [1.54, 1.807) is 18.3 Å². The van der Waals surface area contributed by atoms with Crippen LogP contribution in [0.5, 0.6) is 11.5 Å². The molecular formula is C28H27BClNO6S. The van der Waals surface area contributed by atoms with E-state index in [4.69, 9.17) is 21.0 Å². The van der Waals surface area contributed by atoms with Crippen molar-refractivity contribution < 1.29 is 27.9 Å². The maximum absolute atomic E-state index is 13.1. The minimum absolute atomic E-state index is 0.00899. The summed E-state index contributed by atoms with van der Waals surface area (Å²) in [6, 6.07) is 19.6. The molecule has 1 fully saturated rings. The Morgan fingerprint density at radius 3 is 2.68 bits per heavy atom. The van der Waals surface area contributed by atoms with Gasteiger partial charge in [0.05, 0.1) is 27.8 Å². The third-order valence-electron chi connectivity index (χ3n) is 6.79. The van der Waals surface area contributed by atoms with Crippen LogP contribution >= 0.6 is 11.6 Å². The highest BCUT2D eigenvalue weighted by Crippen LogP contribution is 2.40. The average molecular weight is 552 g/mol.